The first-order valence-electron chi connectivity index (χ1n) is 7.41. The van der Waals surface area contributed by atoms with Crippen LogP contribution in [0.3, 0.4) is 0 Å². The number of ether oxygens (including phenoxy) is 1. The van der Waals surface area contributed by atoms with Gasteiger partial charge in [-0.25, -0.2) is 4.98 Å². The van der Waals surface area contributed by atoms with E-state index in [2.05, 4.69) is 10.1 Å². The second kappa shape index (κ2) is 6.84. The molecule has 2 aromatic heterocycles. The number of hydrogen-bond acceptors (Lipinski definition) is 5. The van der Waals surface area contributed by atoms with E-state index >= 15 is 0 Å². The number of aromatic nitrogens is 3. The second-order valence-corrected chi connectivity index (χ2v) is 6.42. The Morgan fingerprint density at radius 1 is 1.29 bits per heavy atom. The summed E-state index contributed by atoms with van der Waals surface area (Å²) < 4.78 is 7.49. The van der Waals surface area contributed by atoms with Crippen molar-refractivity contribution in [3.63, 3.8) is 0 Å². The molecule has 3 rings (SSSR count). The Hall–Kier alpha value is -2.67. The zero-order chi connectivity index (χ0) is 17.1. The summed E-state index contributed by atoms with van der Waals surface area (Å²) in [4.78, 5) is 17.9. The number of hydrogen-bond donors (Lipinski definition) is 0. The molecule has 2 heterocycles. The van der Waals surface area contributed by atoms with Crippen LogP contribution < -0.4 is 4.74 Å². The first kappa shape index (κ1) is 16.2. The first-order chi connectivity index (χ1) is 11.5. The van der Waals surface area contributed by atoms with E-state index in [1.54, 1.807) is 65.5 Å². The Bertz CT molecular complexity index is 836. The molecule has 0 aliphatic heterocycles. The predicted molar refractivity (Wildman–Crippen MR) is 93.1 cm³/mol. The average Bonchev–Trinajstić information content (AvgIpc) is 3.21. The zero-order valence-corrected chi connectivity index (χ0v) is 14.6. The molecule has 0 bridgehead atoms. The molecule has 0 unspecified atom stereocenters. The molecule has 124 valence electrons. The van der Waals surface area contributed by atoms with Crippen molar-refractivity contribution in [3.05, 3.63) is 53.3 Å². The molecule has 1 amide bonds. The van der Waals surface area contributed by atoms with Crippen molar-refractivity contribution in [2.45, 2.75) is 6.61 Å². The van der Waals surface area contributed by atoms with E-state index in [0.717, 1.165) is 16.3 Å². The van der Waals surface area contributed by atoms with Crippen LogP contribution in [0.2, 0.25) is 0 Å². The van der Waals surface area contributed by atoms with E-state index in [0.29, 0.717) is 17.9 Å². The van der Waals surface area contributed by atoms with Crippen LogP contribution in [0.1, 0.15) is 16.1 Å². The van der Waals surface area contributed by atoms with E-state index < -0.39 is 0 Å². The molecule has 0 aliphatic rings. The van der Waals surface area contributed by atoms with Crippen molar-refractivity contribution in [3.8, 4) is 16.3 Å². The molecule has 7 heteroatoms. The summed E-state index contributed by atoms with van der Waals surface area (Å²) in [6, 6.07) is 7.12. The van der Waals surface area contributed by atoms with Crippen molar-refractivity contribution >= 4 is 17.2 Å². The summed E-state index contributed by atoms with van der Waals surface area (Å²) >= 11 is 1.57. The maximum absolute atomic E-state index is 11.8. The lowest BCUT2D eigenvalue weighted by Crippen LogP contribution is -2.21. The average molecular weight is 342 g/mol. The van der Waals surface area contributed by atoms with Crippen molar-refractivity contribution < 1.29 is 9.53 Å². The number of carbonyl (C=O) groups excluding carboxylic acids is 1. The Morgan fingerprint density at radius 2 is 2.04 bits per heavy atom. The van der Waals surface area contributed by atoms with Crippen molar-refractivity contribution in [2.75, 3.05) is 14.1 Å². The van der Waals surface area contributed by atoms with E-state index in [-0.39, 0.29) is 5.91 Å². The van der Waals surface area contributed by atoms with Crippen LogP contribution >= 0.6 is 11.3 Å². The van der Waals surface area contributed by atoms with Gasteiger partial charge in [-0.15, -0.1) is 11.3 Å². The lowest BCUT2D eigenvalue weighted by molar-refractivity contribution is 0.0827. The number of amides is 1. The highest BCUT2D eigenvalue weighted by Crippen LogP contribution is 2.23. The van der Waals surface area contributed by atoms with Gasteiger partial charge in [-0.2, -0.15) is 5.10 Å². The first-order valence-corrected chi connectivity index (χ1v) is 8.29. The summed E-state index contributed by atoms with van der Waals surface area (Å²) in [7, 11) is 5.34. The molecular formula is C17H18N4O2S. The highest BCUT2D eigenvalue weighted by Gasteiger charge is 2.09. The monoisotopic (exact) mass is 342 g/mol. The van der Waals surface area contributed by atoms with Gasteiger partial charge in [0.1, 0.15) is 17.4 Å². The minimum atomic E-state index is -0.0258. The number of benzene rings is 1. The smallest absolute Gasteiger partial charge is 0.253 e. The van der Waals surface area contributed by atoms with Gasteiger partial charge in [-0.1, -0.05) is 0 Å². The molecule has 0 saturated heterocycles. The van der Waals surface area contributed by atoms with Crippen LogP contribution in [0.5, 0.6) is 5.75 Å². The van der Waals surface area contributed by atoms with Gasteiger partial charge in [0, 0.05) is 43.8 Å². The van der Waals surface area contributed by atoms with Crippen LogP contribution in [0.4, 0.5) is 0 Å². The van der Waals surface area contributed by atoms with Gasteiger partial charge in [0.05, 0.1) is 11.9 Å². The number of carbonyl (C=O) groups is 1. The Balaban J connectivity index is 1.62. The van der Waals surface area contributed by atoms with Gasteiger partial charge < -0.3 is 9.64 Å². The van der Waals surface area contributed by atoms with Crippen LogP contribution in [-0.4, -0.2) is 39.7 Å². The third-order valence-corrected chi connectivity index (χ3v) is 4.34. The molecular weight excluding hydrogens is 324 g/mol. The van der Waals surface area contributed by atoms with Gasteiger partial charge in [-0.05, 0) is 24.3 Å². The quantitative estimate of drug-likeness (QED) is 0.715. The molecule has 0 saturated carbocycles. The second-order valence-electron chi connectivity index (χ2n) is 5.56. The summed E-state index contributed by atoms with van der Waals surface area (Å²) in [5.41, 5.74) is 2.51. The van der Waals surface area contributed by atoms with Crippen LogP contribution in [-0.2, 0) is 13.7 Å². The van der Waals surface area contributed by atoms with Crippen molar-refractivity contribution in [2.24, 2.45) is 7.05 Å². The fourth-order valence-electron chi connectivity index (χ4n) is 2.15. The minimum absolute atomic E-state index is 0.0258. The van der Waals surface area contributed by atoms with Gasteiger partial charge in [0.2, 0.25) is 0 Å². The highest BCUT2D eigenvalue weighted by molar-refractivity contribution is 7.13. The Morgan fingerprint density at radius 3 is 2.67 bits per heavy atom. The van der Waals surface area contributed by atoms with Gasteiger partial charge in [-0.3, -0.25) is 9.48 Å². The molecule has 0 N–H and O–H groups in total. The normalized spacial score (nSPS) is 10.6. The molecule has 0 spiro atoms. The third kappa shape index (κ3) is 3.62. The SMILES string of the molecule is CN(C)C(=O)c1ccc(OCc2csc(-c3cnn(C)c3)n2)cc1. The number of aryl methyl sites for hydroxylation is 1. The molecule has 6 nitrogen and oxygen atoms in total. The van der Waals surface area contributed by atoms with Crippen LogP contribution in [0.25, 0.3) is 10.6 Å². The number of rotatable bonds is 5. The van der Waals surface area contributed by atoms with E-state index in [9.17, 15) is 4.79 Å². The lowest BCUT2D eigenvalue weighted by Gasteiger charge is -2.10. The topological polar surface area (TPSA) is 60.3 Å². The summed E-state index contributed by atoms with van der Waals surface area (Å²) in [5, 5.41) is 7.05. The van der Waals surface area contributed by atoms with Gasteiger partial charge >= 0.3 is 0 Å². The summed E-state index contributed by atoms with van der Waals surface area (Å²) in [6.07, 6.45) is 3.73. The highest BCUT2D eigenvalue weighted by atomic mass is 32.1. The van der Waals surface area contributed by atoms with Crippen LogP contribution in [0.15, 0.2) is 42.0 Å². The minimum Gasteiger partial charge on any atom is -0.487 e. The lowest BCUT2D eigenvalue weighted by atomic mass is 10.2. The maximum atomic E-state index is 11.8. The maximum Gasteiger partial charge on any atom is 0.253 e. The Kier molecular flexibility index (Phi) is 4.61. The van der Waals surface area contributed by atoms with E-state index in [1.807, 2.05) is 18.6 Å². The standard InChI is InChI=1S/C17H18N4O2S/c1-20(2)17(22)12-4-6-15(7-5-12)23-10-14-11-24-16(19-14)13-8-18-21(3)9-13/h4-9,11H,10H2,1-3H3. The number of nitrogens with zero attached hydrogens (tertiary/aromatic N) is 4. The molecule has 0 aliphatic carbocycles. The van der Waals surface area contributed by atoms with Crippen molar-refractivity contribution in [1.82, 2.24) is 19.7 Å². The zero-order valence-electron chi connectivity index (χ0n) is 13.8. The largest absolute Gasteiger partial charge is 0.487 e. The van der Waals surface area contributed by atoms with Crippen LogP contribution in [0, 0.1) is 0 Å². The number of thiazole rings is 1. The van der Waals surface area contributed by atoms with E-state index in [4.69, 9.17) is 4.74 Å². The van der Waals surface area contributed by atoms with Gasteiger partial charge in [0.15, 0.2) is 0 Å². The fraction of sp³-hybridized carbons (Fsp3) is 0.235. The van der Waals surface area contributed by atoms with Crippen molar-refractivity contribution in [1.29, 1.82) is 0 Å². The molecule has 3 aromatic rings. The molecule has 0 atom stereocenters. The van der Waals surface area contributed by atoms with Gasteiger partial charge in [0.25, 0.3) is 5.91 Å². The molecule has 24 heavy (non-hydrogen) atoms. The summed E-state index contributed by atoms with van der Waals surface area (Å²) in [6.45, 7) is 0.387. The summed E-state index contributed by atoms with van der Waals surface area (Å²) in [5.74, 6) is 0.684. The third-order valence-electron chi connectivity index (χ3n) is 3.40. The molecule has 0 radical (unpaired) electrons. The predicted octanol–water partition coefficient (Wildman–Crippen LogP) is 2.82. The Labute approximate surface area is 144 Å². The fourth-order valence-corrected chi connectivity index (χ4v) is 2.93. The molecule has 1 aromatic carbocycles. The molecule has 0 fully saturated rings. The van der Waals surface area contributed by atoms with E-state index in [1.165, 1.54) is 0 Å².